The number of benzene rings is 1. The number of fused-ring (bicyclic) bond motifs is 1. The Hall–Kier alpha value is -1.35. The summed E-state index contributed by atoms with van der Waals surface area (Å²) in [5.41, 5.74) is 3.63. The van der Waals surface area contributed by atoms with E-state index in [4.69, 9.17) is 0 Å². The van der Waals surface area contributed by atoms with E-state index in [0.717, 1.165) is 30.9 Å². The van der Waals surface area contributed by atoms with Crippen LogP contribution in [-0.2, 0) is 12.8 Å². The van der Waals surface area contributed by atoms with Gasteiger partial charge in [0.05, 0.1) is 0 Å². The first-order valence-electron chi connectivity index (χ1n) is 9.35. The molecule has 1 amide bonds. The van der Waals surface area contributed by atoms with E-state index < -0.39 is 0 Å². The number of aryl methyl sites for hydroxylation is 2. The Morgan fingerprint density at radius 3 is 2.78 bits per heavy atom. The third kappa shape index (κ3) is 4.57. The van der Waals surface area contributed by atoms with E-state index in [1.54, 1.807) is 0 Å². The van der Waals surface area contributed by atoms with Gasteiger partial charge in [-0.15, -0.1) is 0 Å². The third-order valence-electron chi connectivity index (χ3n) is 5.42. The standard InChI is InChI=1S/C20H30N2O/c1-16-9-13-22(14-10-16)12-3-2-11-21-20(23)19-8-7-17-5-4-6-18(17)15-19/h7-8,15-16H,2-6,9-14H2,1H3,(H,21,23). The van der Waals surface area contributed by atoms with E-state index in [1.807, 2.05) is 6.07 Å². The number of hydrogen-bond donors (Lipinski definition) is 1. The van der Waals surface area contributed by atoms with Crippen molar-refractivity contribution >= 4 is 5.91 Å². The van der Waals surface area contributed by atoms with Gasteiger partial charge in [-0.2, -0.15) is 0 Å². The number of nitrogens with one attached hydrogen (secondary N) is 1. The first kappa shape index (κ1) is 16.5. The van der Waals surface area contributed by atoms with Gasteiger partial charge in [0.2, 0.25) is 0 Å². The second-order valence-corrected chi connectivity index (χ2v) is 7.32. The molecule has 1 fully saturated rings. The third-order valence-corrected chi connectivity index (χ3v) is 5.42. The molecular formula is C20H30N2O. The SMILES string of the molecule is CC1CCN(CCCCNC(=O)c2ccc3c(c2)CCC3)CC1. The molecule has 1 heterocycles. The minimum Gasteiger partial charge on any atom is -0.352 e. The van der Waals surface area contributed by atoms with Gasteiger partial charge in [-0.05, 0) is 93.8 Å². The maximum absolute atomic E-state index is 12.2. The molecule has 3 heteroatoms. The number of carbonyl (C=O) groups is 1. The Morgan fingerprint density at radius 1 is 1.17 bits per heavy atom. The molecule has 1 aliphatic carbocycles. The molecule has 126 valence electrons. The molecule has 1 aromatic carbocycles. The molecule has 2 aliphatic rings. The van der Waals surface area contributed by atoms with Crippen molar-refractivity contribution in [3.05, 3.63) is 34.9 Å². The highest BCUT2D eigenvalue weighted by Crippen LogP contribution is 2.22. The predicted molar refractivity (Wildman–Crippen MR) is 94.9 cm³/mol. The summed E-state index contributed by atoms with van der Waals surface area (Å²) in [6.07, 6.45) is 8.47. The summed E-state index contributed by atoms with van der Waals surface area (Å²) in [6.45, 7) is 6.83. The minimum atomic E-state index is 0.0893. The molecule has 1 N–H and O–H groups in total. The van der Waals surface area contributed by atoms with E-state index in [1.165, 1.54) is 62.9 Å². The van der Waals surface area contributed by atoms with Gasteiger partial charge in [0.1, 0.15) is 0 Å². The minimum absolute atomic E-state index is 0.0893. The van der Waals surface area contributed by atoms with Gasteiger partial charge < -0.3 is 10.2 Å². The van der Waals surface area contributed by atoms with Crippen LogP contribution in [0.1, 0.15) is 60.5 Å². The Bertz CT molecular complexity index is 532. The average Bonchev–Trinajstić information content (AvgIpc) is 3.03. The van der Waals surface area contributed by atoms with Crippen molar-refractivity contribution in [2.45, 2.75) is 51.9 Å². The normalized spacial score (nSPS) is 18.8. The number of piperidine rings is 1. The zero-order valence-electron chi connectivity index (χ0n) is 14.4. The number of amides is 1. The Morgan fingerprint density at radius 2 is 1.96 bits per heavy atom. The van der Waals surface area contributed by atoms with Crippen LogP contribution in [-0.4, -0.2) is 37.0 Å². The first-order chi connectivity index (χ1) is 11.2. The highest BCUT2D eigenvalue weighted by Gasteiger charge is 2.15. The zero-order valence-corrected chi connectivity index (χ0v) is 14.4. The quantitative estimate of drug-likeness (QED) is 0.816. The Labute approximate surface area is 140 Å². The molecule has 0 bridgehead atoms. The number of nitrogens with zero attached hydrogens (tertiary/aromatic N) is 1. The topological polar surface area (TPSA) is 32.3 Å². The molecule has 1 aliphatic heterocycles. The van der Waals surface area contributed by atoms with Crippen molar-refractivity contribution in [1.82, 2.24) is 10.2 Å². The molecule has 0 unspecified atom stereocenters. The molecular weight excluding hydrogens is 284 g/mol. The summed E-state index contributed by atoms with van der Waals surface area (Å²) >= 11 is 0. The van der Waals surface area contributed by atoms with Gasteiger partial charge in [0, 0.05) is 12.1 Å². The fourth-order valence-electron chi connectivity index (χ4n) is 3.76. The molecule has 0 aromatic heterocycles. The largest absolute Gasteiger partial charge is 0.352 e. The number of unbranched alkanes of at least 4 members (excludes halogenated alkanes) is 1. The lowest BCUT2D eigenvalue weighted by Gasteiger charge is -2.30. The fourth-order valence-corrected chi connectivity index (χ4v) is 3.76. The summed E-state index contributed by atoms with van der Waals surface area (Å²) in [5, 5.41) is 3.08. The monoisotopic (exact) mass is 314 g/mol. The number of rotatable bonds is 6. The van der Waals surface area contributed by atoms with Crippen LogP contribution in [0.15, 0.2) is 18.2 Å². The van der Waals surface area contributed by atoms with Crippen LogP contribution in [0.5, 0.6) is 0 Å². The lowest BCUT2D eigenvalue weighted by atomic mass is 9.99. The van der Waals surface area contributed by atoms with Crippen LogP contribution in [0, 0.1) is 5.92 Å². The van der Waals surface area contributed by atoms with E-state index >= 15 is 0 Å². The van der Waals surface area contributed by atoms with Crippen molar-refractivity contribution in [1.29, 1.82) is 0 Å². The van der Waals surface area contributed by atoms with Crippen molar-refractivity contribution in [2.75, 3.05) is 26.2 Å². The van der Waals surface area contributed by atoms with Gasteiger partial charge in [-0.3, -0.25) is 4.79 Å². The highest BCUT2D eigenvalue weighted by atomic mass is 16.1. The van der Waals surface area contributed by atoms with Crippen molar-refractivity contribution in [2.24, 2.45) is 5.92 Å². The smallest absolute Gasteiger partial charge is 0.251 e. The second-order valence-electron chi connectivity index (χ2n) is 7.32. The van der Waals surface area contributed by atoms with Crippen LogP contribution in [0.2, 0.25) is 0 Å². The number of likely N-dealkylation sites (tertiary alicyclic amines) is 1. The lowest BCUT2D eigenvalue weighted by molar-refractivity contribution is 0.0952. The van der Waals surface area contributed by atoms with Crippen LogP contribution in [0.3, 0.4) is 0 Å². The number of carbonyl (C=O) groups excluding carboxylic acids is 1. The van der Waals surface area contributed by atoms with E-state index in [-0.39, 0.29) is 5.91 Å². The second kappa shape index (κ2) is 7.96. The molecule has 3 nitrogen and oxygen atoms in total. The highest BCUT2D eigenvalue weighted by molar-refractivity contribution is 5.94. The molecule has 3 rings (SSSR count). The summed E-state index contributed by atoms with van der Waals surface area (Å²) in [5.74, 6) is 0.990. The molecule has 0 spiro atoms. The summed E-state index contributed by atoms with van der Waals surface area (Å²) < 4.78 is 0. The molecule has 0 saturated carbocycles. The Kier molecular flexibility index (Phi) is 5.71. The van der Waals surface area contributed by atoms with Gasteiger partial charge in [0.25, 0.3) is 5.91 Å². The van der Waals surface area contributed by atoms with Crippen LogP contribution in [0.25, 0.3) is 0 Å². The van der Waals surface area contributed by atoms with E-state index in [9.17, 15) is 4.79 Å². The first-order valence-corrected chi connectivity index (χ1v) is 9.35. The Balaban J connectivity index is 1.33. The van der Waals surface area contributed by atoms with Crippen molar-refractivity contribution in [3.8, 4) is 0 Å². The fraction of sp³-hybridized carbons (Fsp3) is 0.650. The van der Waals surface area contributed by atoms with Crippen LogP contribution < -0.4 is 5.32 Å². The molecule has 1 saturated heterocycles. The maximum atomic E-state index is 12.2. The molecule has 0 radical (unpaired) electrons. The van der Waals surface area contributed by atoms with Gasteiger partial charge in [-0.1, -0.05) is 13.0 Å². The van der Waals surface area contributed by atoms with Crippen molar-refractivity contribution in [3.63, 3.8) is 0 Å². The zero-order chi connectivity index (χ0) is 16.1. The van der Waals surface area contributed by atoms with Crippen LogP contribution >= 0.6 is 0 Å². The van der Waals surface area contributed by atoms with Gasteiger partial charge in [-0.25, -0.2) is 0 Å². The summed E-state index contributed by atoms with van der Waals surface area (Å²) in [4.78, 5) is 14.8. The number of hydrogen-bond acceptors (Lipinski definition) is 2. The van der Waals surface area contributed by atoms with E-state index in [2.05, 4.69) is 29.3 Å². The van der Waals surface area contributed by atoms with Crippen LogP contribution in [0.4, 0.5) is 0 Å². The lowest BCUT2D eigenvalue weighted by Crippen LogP contribution is -2.34. The maximum Gasteiger partial charge on any atom is 0.251 e. The average molecular weight is 314 g/mol. The molecule has 23 heavy (non-hydrogen) atoms. The summed E-state index contributed by atoms with van der Waals surface area (Å²) in [7, 11) is 0. The predicted octanol–water partition coefficient (Wildman–Crippen LogP) is 3.42. The molecule has 0 atom stereocenters. The van der Waals surface area contributed by atoms with Gasteiger partial charge in [0.15, 0.2) is 0 Å². The summed E-state index contributed by atoms with van der Waals surface area (Å²) in [6, 6.07) is 6.20. The van der Waals surface area contributed by atoms with Crippen molar-refractivity contribution < 1.29 is 4.79 Å². The van der Waals surface area contributed by atoms with E-state index in [0.29, 0.717) is 0 Å². The van der Waals surface area contributed by atoms with Gasteiger partial charge >= 0.3 is 0 Å². The molecule has 1 aromatic rings.